The Bertz CT molecular complexity index is 4000. The number of benzene rings is 11. The van der Waals surface area contributed by atoms with E-state index in [4.69, 9.17) is 9.97 Å². The van der Waals surface area contributed by atoms with Crippen LogP contribution in [0.3, 0.4) is 0 Å². The summed E-state index contributed by atoms with van der Waals surface area (Å²) in [5.41, 5.74) is 24.4. The van der Waals surface area contributed by atoms with Crippen LogP contribution >= 0.6 is 0 Å². The summed E-state index contributed by atoms with van der Waals surface area (Å²) in [4.78, 5) is 15.0. The van der Waals surface area contributed by atoms with E-state index in [1.165, 1.54) is 38.6 Å². The van der Waals surface area contributed by atoms with E-state index in [1.54, 1.807) is 0 Å². The van der Waals surface area contributed by atoms with E-state index in [0.717, 1.165) is 101 Å². The fourth-order valence-electron chi connectivity index (χ4n) is 11.1. The van der Waals surface area contributed by atoms with Gasteiger partial charge in [-0.25, -0.2) is 9.97 Å². The van der Waals surface area contributed by atoms with Gasteiger partial charge >= 0.3 is 0 Å². The van der Waals surface area contributed by atoms with E-state index in [2.05, 4.69) is 315 Å². The van der Waals surface area contributed by atoms with Crippen molar-refractivity contribution in [3.05, 3.63) is 295 Å². The highest BCUT2D eigenvalue weighted by Crippen LogP contribution is 2.43. The summed E-state index contributed by atoms with van der Waals surface area (Å²) in [7, 11) is 0. The number of hydrogen-bond acceptors (Lipinski definition) is 4. The monoisotopic (exact) mass is 1020 g/mol. The summed E-state index contributed by atoms with van der Waals surface area (Å²) in [5.74, 6) is 0.723. The molecule has 0 saturated carbocycles. The molecule has 0 spiro atoms. The van der Waals surface area contributed by atoms with Crippen LogP contribution in [0.25, 0.3) is 83.6 Å². The maximum Gasteiger partial charge on any atom is 0.160 e. The van der Waals surface area contributed by atoms with Crippen molar-refractivity contribution < 1.29 is 0 Å². The Morgan fingerprint density at radius 3 is 1.14 bits per heavy atom. The molecule has 0 radical (unpaired) electrons. The Hall–Kier alpha value is -10.1. The minimum absolute atomic E-state index is 0.723. The number of anilines is 6. The topological polar surface area (TPSA) is 37.2 Å². The number of fused-ring (bicyclic) bond motifs is 3. The van der Waals surface area contributed by atoms with Gasteiger partial charge in [-0.1, -0.05) is 175 Å². The van der Waals surface area contributed by atoms with Gasteiger partial charge in [-0.15, -0.1) is 0 Å². The summed E-state index contributed by atoms with van der Waals surface area (Å²) in [6.07, 6.45) is 0. The van der Waals surface area contributed by atoms with Crippen LogP contribution in [0.15, 0.2) is 273 Å². The summed E-state index contributed by atoms with van der Waals surface area (Å²) >= 11 is 0. The highest BCUT2D eigenvalue weighted by molar-refractivity contribution is 6.12. The molecule has 11 aromatic carbocycles. The zero-order chi connectivity index (χ0) is 53.4. The first-order valence-corrected chi connectivity index (χ1v) is 27.0. The van der Waals surface area contributed by atoms with Crippen LogP contribution in [0, 0.1) is 27.7 Å². The minimum Gasteiger partial charge on any atom is -0.310 e. The van der Waals surface area contributed by atoms with Gasteiger partial charge in [-0.3, -0.25) is 0 Å². The molecular formula is C74H57N5. The van der Waals surface area contributed by atoms with Gasteiger partial charge in [-0.05, 0) is 170 Å². The molecule has 79 heavy (non-hydrogen) atoms. The Balaban J connectivity index is 0.855. The molecule has 0 amide bonds. The van der Waals surface area contributed by atoms with Crippen molar-refractivity contribution in [3.8, 4) is 61.8 Å². The molecule has 13 aromatic rings. The van der Waals surface area contributed by atoms with Crippen molar-refractivity contribution in [1.82, 2.24) is 14.5 Å². The third kappa shape index (κ3) is 9.53. The second-order valence-electron chi connectivity index (χ2n) is 20.6. The summed E-state index contributed by atoms with van der Waals surface area (Å²) in [6.45, 7) is 8.61. The number of rotatable bonds is 12. The van der Waals surface area contributed by atoms with Crippen LogP contribution in [-0.4, -0.2) is 14.5 Å². The molecule has 0 unspecified atom stereocenters. The van der Waals surface area contributed by atoms with Gasteiger partial charge < -0.3 is 14.4 Å². The predicted molar refractivity (Wildman–Crippen MR) is 332 cm³/mol. The number of para-hydroxylation sites is 4. The van der Waals surface area contributed by atoms with Gasteiger partial charge in [0.2, 0.25) is 0 Å². The Kier molecular flexibility index (Phi) is 12.8. The molecular weight excluding hydrogens is 959 g/mol. The van der Waals surface area contributed by atoms with Crippen LogP contribution in [0.1, 0.15) is 22.3 Å². The van der Waals surface area contributed by atoms with Crippen molar-refractivity contribution >= 4 is 55.9 Å². The molecule has 0 aliphatic carbocycles. The zero-order valence-electron chi connectivity index (χ0n) is 44.7. The minimum atomic E-state index is 0.723. The fraction of sp³-hybridized carbons (Fsp3) is 0.0541. The number of hydrogen-bond donors (Lipinski definition) is 0. The number of nitrogens with zero attached hydrogens (tertiary/aromatic N) is 5. The van der Waals surface area contributed by atoms with Crippen molar-refractivity contribution in [1.29, 1.82) is 0 Å². The molecule has 5 heteroatoms. The highest BCUT2D eigenvalue weighted by Gasteiger charge is 2.21. The summed E-state index contributed by atoms with van der Waals surface area (Å²) in [6, 6.07) is 98.2. The zero-order valence-corrected chi connectivity index (χ0v) is 44.7. The van der Waals surface area contributed by atoms with Crippen LogP contribution in [0.4, 0.5) is 34.1 Å². The van der Waals surface area contributed by atoms with Crippen molar-refractivity contribution in [3.63, 3.8) is 0 Å². The molecule has 2 aromatic heterocycles. The normalized spacial score (nSPS) is 11.3. The van der Waals surface area contributed by atoms with E-state index in [0.29, 0.717) is 0 Å². The van der Waals surface area contributed by atoms with Crippen LogP contribution in [0.2, 0.25) is 0 Å². The first-order chi connectivity index (χ1) is 38.8. The van der Waals surface area contributed by atoms with E-state index >= 15 is 0 Å². The predicted octanol–water partition coefficient (Wildman–Crippen LogP) is 20.1. The number of aryl methyl sites for hydroxylation is 4. The molecule has 378 valence electrons. The molecule has 5 nitrogen and oxygen atoms in total. The molecule has 0 atom stereocenters. The van der Waals surface area contributed by atoms with Crippen LogP contribution in [0.5, 0.6) is 0 Å². The summed E-state index contributed by atoms with van der Waals surface area (Å²) in [5, 5.41) is 2.34. The lowest BCUT2D eigenvalue weighted by Gasteiger charge is -2.26. The third-order valence-corrected chi connectivity index (χ3v) is 15.2. The van der Waals surface area contributed by atoms with Crippen LogP contribution in [-0.2, 0) is 0 Å². The van der Waals surface area contributed by atoms with Gasteiger partial charge in [0, 0.05) is 67.3 Å². The van der Waals surface area contributed by atoms with Crippen molar-refractivity contribution in [2.24, 2.45) is 0 Å². The van der Waals surface area contributed by atoms with Gasteiger partial charge in [0.1, 0.15) is 0 Å². The maximum atomic E-state index is 5.19. The first kappa shape index (κ1) is 48.5. The van der Waals surface area contributed by atoms with E-state index in [9.17, 15) is 0 Å². The second kappa shape index (κ2) is 20.8. The van der Waals surface area contributed by atoms with Gasteiger partial charge in [0.25, 0.3) is 0 Å². The Morgan fingerprint density at radius 2 is 0.671 bits per heavy atom. The molecule has 0 aliphatic rings. The smallest absolute Gasteiger partial charge is 0.160 e. The van der Waals surface area contributed by atoms with Gasteiger partial charge in [0.05, 0.1) is 22.4 Å². The molecule has 2 heterocycles. The molecule has 0 saturated heterocycles. The van der Waals surface area contributed by atoms with Crippen molar-refractivity contribution in [2.45, 2.75) is 27.7 Å². The average Bonchev–Trinajstić information content (AvgIpc) is 4.03. The largest absolute Gasteiger partial charge is 0.310 e. The summed E-state index contributed by atoms with van der Waals surface area (Å²) < 4.78 is 2.42. The maximum absolute atomic E-state index is 5.19. The van der Waals surface area contributed by atoms with Crippen molar-refractivity contribution in [2.75, 3.05) is 9.80 Å². The van der Waals surface area contributed by atoms with Gasteiger partial charge in [-0.2, -0.15) is 0 Å². The SMILES string of the molecule is Cc1ccc(-c2cc(-c3cc(C)c(-c4ccc(-c5ccc(-n6c7ccc(N(c8ccccc8)c8ccccc8)cc7c7cc(N(c8ccccc8)c8ccccc8)ccc76)cc5)cc4)cc3C)nc(-c3ccc(C)cc3)n2)cc1. The Labute approximate surface area is 462 Å². The quantitative estimate of drug-likeness (QED) is 0.122. The van der Waals surface area contributed by atoms with E-state index < -0.39 is 0 Å². The molecule has 0 bridgehead atoms. The Morgan fingerprint density at radius 1 is 0.291 bits per heavy atom. The molecule has 13 rings (SSSR count). The first-order valence-electron chi connectivity index (χ1n) is 27.0. The lowest BCUT2D eigenvalue weighted by atomic mass is 9.92. The molecule has 0 aliphatic heterocycles. The highest BCUT2D eigenvalue weighted by atomic mass is 15.1. The lowest BCUT2D eigenvalue weighted by Crippen LogP contribution is -2.09. The lowest BCUT2D eigenvalue weighted by molar-refractivity contribution is 1.17. The fourth-order valence-corrected chi connectivity index (χ4v) is 11.1. The second-order valence-corrected chi connectivity index (χ2v) is 20.6. The average molecular weight is 1020 g/mol. The van der Waals surface area contributed by atoms with Gasteiger partial charge in [0.15, 0.2) is 5.82 Å². The van der Waals surface area contributed by atoms with Crippen LogP contribution < -0.4 is 9.80 Å². The van der Waals surface area contributed by atoms with E-state index in [-0.39, 0.29) is 0 Å². The standard InChI is InChI=1S/C74H57N5/c1-50-25-29-57(30-26-50)70-49-71(76-74(75-70)58-31-27-51(2)28-32-58)67-46-52(3)66(45-53(67)4)56-35-33-54(34-36-56)55-37-39-63(40-38-55)79-72-43-41-64(77(59-17-9-5-10-18-59)60-19-11-6-12-20-60)47-68(72)69-48-65(42-44-73(69)79)78(61-21-13-7-14-22-61)62-23-15-8-16-24-62/h5-49H,1-4H3. The number of aromatic nitrogens is 3. The molecule has 0 N–H and O–H groups in total. The third-order valence-electron chi connectivity index (χ3n) is 15.2. The molecule has 0 fully saturated rings. The van der Waals surface area contributed by atoms with E-state index in [1.807, 2.05) is 0 Å².